The van der Waals surface area contributed by atoms with Gasteiger partial charge in [0.15, 0.2) is 6.29 Å². The van der Waals surface area contributed by atoms with E-state index in [1.54, 1.807) is 24.3 Å². The first-order valence-electron chi connectivity index (χ1n) is 7.03. The molecule has 1 aromatic carbocycles. The molecule has 2 amide bonds. The second-order valence-corrected chi connectivity index (χ2v) is 5.43. The predicted molar refractivity (Wildman–Crippen MR) is 72.5 cm³/mol. The fraction of sp³-hybridized carbons (Fsp3) is 0.467. The molecule has 6 heteroatoms. The molecule has 0 aliphatic carbocycles. The third-order valence-corrected chi connectivity index (χ3v) is 3.91. The first-order valence-corrected chi connectivity index (χ1v) is 7.03. The Labute approximate surface area is 121 Å². The number of fused-ring (bicyclic) bond motifs is 1. The van der Waals surface area contributed by atoms with E-state index in [4.69, 9.17) is 4.74 Å². The Bertz CT molecular complexity index is 528. The fourth-order valence-corrected chi connectivity index (χ4v) is 2.87. The van der Waals surface area contributed by atoms with Crippen molar-refractivity contribution >= 4 is 11.8 Å². The van der Waals surface area contributed by atoms with Crippen LogP contribution in [0.3, 0.4) is 0 Å². The standard InChI is InChI=1S/C15H17NO5/c17-9-7-10(21-13(18)8-9)5-6-16-14(19)11-3-1-2-4-12(11)15(16)20/h1-4,9-10,13,17-18H,5-8H2/t9-,10-,13?/m1/s1. The lowest BCUT2D eigenvalue weighted by atomic mass is 10.0. The summed E-state index contributed by atoms with van der Waals surface area (Å²) < 4.78 is 5.31. The van der Waals surface area contributed by atoms with Gasteiger partial charge in [-0.05, 0) is 25.0 Å². The van der Waals surface area contributed by atoms with Crippen molar-refractivity contribution in [2.24, 2.45) is 0 Å². The lowest BCUT2D eigenvalue weighted by molar-refractivity contribution is -0.190. The van der Waals surface area contributed by atoms with E-state index in [1.807, 2.05) is 0 Å². The Morgan fingerprint density at radius 3 is 2.29 bits per heavy atom. The van der Waals surface area contributed by atoms with Crippen LogP contribution in [0.5, 0.6) is 0 Å². The molecular weight excluding hydrogens is 274 g/mol. The van der Waals surface area contributed by atoms with Gasteiger partial charge in [0, 0.05) is 13.0 Å². The number of hydrogen-bond acceptors (Lipinski definition) is 5. The van der Waals surface area contributed by atoms with Crippen molar-refractivity contribution in [1.82, 2.24) is 4.90 Å². The van der Waals surface area contributed by atoms with E-state index in [-0.39, 0.29) is 30.9 Å². The highest BCUT2D eigenvalue weighted by Crippen LogP contribution is 2.25. The minimum absolute atomic E-state index is 0.198. The second-order valence-electron chi connectivity index (χ2n) is 5.43. The highest BCUT2D eigenvalue weighted by Gasteiger charge is 2.36. The fourth-order valence-electron chi connectivity index (χ4n) is 2.87. The van der Waals surface area contributed by atoms with Gasteiger partial charge >= 0.3 is 0 Å². The maximum absolute atomic E-state index is 12.2. The second kappa shape index (κ2) is 5.55. The van der Waals surface area contributed by atoms with Gasteiger partial charge in [-0.2, -0.15) is 0 Å². The first kappa shape index (κ1) is 14.2. The van der Waals surface area contributed by atoms with Crippen molar-refractivity contribution < 1.29 is 24.5 Å². The highest BCUT2D eigenvalue weighted by molar-refractivity contribution is 6.21. The average Bonchev–Trinajstić information content (AvgIpc) is 2.69. The number of hydrogen-bond donors (Lipinski definition) is 2. The number of carbonyl (C=O) groups is 2. The summed E-state index contributed by atoms with van der Waals surface area (Å²) in [6.45, 7) is 0.219. The molecule has 1 aromatic rings. The summed E-state index contributed by atoms with van der Waals surface area (Å²) in [6.07, 6.45) is -0.946. The molecule has 2 aliphatic heterocycles. The molecule has 1 unspecified atom stereocenters. The van der Waals surface area contributed by atoms with Gasteiger partial charge in [0.2, 0.25) is 0 Å². The molecule has 0 saturated carbocycles. The molecule has 2 N–H and O–H groups in total. The minimum atomic E-state index is -0.985. The van der Waals surface area contributed by atoms with Crippen LogP contribution < -0.4 is 0 Å². The smallest absolute Gasteiger partial charge is 0.261 e. The molecule has 1 fully saturated rings. The van der Waals surface area contributed by atoms with E-state index in [0.29, 0.717) is 24.0 Å². The molecule has 3 rings (SSSR count). The van der Waals surface area contributed by atoms with Crippen molar-refractivity contribution in [3.8, 4) is 0 Å². The van der Waals surface area contributed by atoms with Crippen LogP contribution in [0.4, 0.5) is 0 Å². The molecule has 6 nitrogen and oxygen atoms in total. The molecule has 1 saturated heterocycles. The summed E-state index contributed by atoms with van der Waals surface area (Å²) in [4.78, 5) is 25.5. The Kier molecular flexibility index (Phi) is 3.75. The maximum atomic E-state index is 12.2. The van der Waals surface area contributed by atoms with Crippen LogP contribution in [0.25, 0.3) is 0 Å². The quantitative estimate of drug-likeness (QED) is 0.793. The van der Waals surface area contributed by atoms with Crippen molar-refractivity contribution in [1.29, 1.82) is 0 Å². The number of carbonyl (C=O) groups excluding carboxylic acids is 2. The van der Waals surface area contributed by atoms with Gasteiger partial charge in [-0.25, -0.2) is 0 Å². The van der Waals surface area contributed by atoms with E-state index in [0.717, 1.165) is 0 Å². The molecule has 0 bridgehead atoms. The SMILES string of the molecule is O=C1c2ccccc2C(=O)N1CC[C@@H]1C[C@@H](O)CC(O)O1. The van der Waals surface area contributed by atoms with Gasteiger partial charge < -0.3 is 14.9 Å². The van der Waals surface area contributed by atoms with Crippen molar-refractivity contribution in [3.63, 3.8) is 0 Å². The molecular formula is C15H17NO5. The van der Waals surface area contributed by atoms with Crippen molar-refractivity contribution in [2.45, 2.75) is 37.8 Å². The average molecular weight is 291 g/mol. The zero-order chi connectivity index (χ0) is 15.0. The lowest BCUT2D eigenvalue weighted by Gasteiger charge is -2.31. The van der Waals surface area contributed by atoms with Gasteiger partial charge in [0.25, 0.3) is 11.8 Å². The molecule has 0 spiro atoms. The molecule has 0 radical (unpaired) electrons. The topological polar surface area (TPSA) is 87.1 Å². The van der Waals surface area contributed by atoms with Crippen LogP contribution in [0.2, 0.25) is 0 Å². The Hall–Kier alpha value is -1.76. The zero-order valence-corrected chi connectivity index (χ0v) is 11.4. The normalized spacial score (nSPS) is 28.9. The number of aliphatic hydroxyl groups excluding tert-OH is 2. The number of ether oxygens (including phenoxy) is 1. The number of benzene rings is 1. The molecule has 2 aliphatic rings. The molecule has 3 atom stereocenters. The van der Waals surface area contributed by atoms with Crippen molar-refractivity contribution in [3.05, 3.63) is 35.4 Å². The molecule has 21 heavy (non-hydrogen) atoms. The number of rotatable bonds is 3. The van der Waals surface area contributed by atoms with Crippen LogP contribution in [0.15, 0.2) is 24.3 Å². The van der Waals surface area contributed by atoms with Gasteiger partial charge in [0.05, 0.1) is 23.3 Å². The van der Waals surface area contributed by atoms with Gasteiger partial charge in [0.1, 0.15) is 0 Å². The van der Waals surface area contributed by atoms with E-state index < -0.39 is 12.4 Å². The first-order chi connectivity index (χ1) is 10.1. The van der Waals surface area contributed by atoms with E-state index in [1.165, 1.54) is 4.90 Å². The minimum Gasteiger partial charge on any atom is -0.393 e. The summed E-state index contributed by atoms with van der Waals surface area (Å²) in [5, 5.41) is 19.1. The number of aliphatic hydroxyl groups is 2. The van der Waals surface area contributed by atoms with Crippen molar-refractivity contribution in [2.75, 3.05) is 6.54 Å². The summed E-state index contributed by atoms with van der Waals surface area (Å²) >= 11 is 0. The summed E-state index contributed by atoms with van der Waals surface area (Å²) in [5.74, 6) is -0.597. The van der Waals surface area contributed by atoms with Crippen LogP contribution in [-0.2, 0) is 4.74 Å². The molecule has 2 heterocycles. The van der Waals surface area contributed by atoms with Crippen LogP contribution in [0.1, 0.15) is 40.0 Å². The number of imide groups is 1. The molecule has 0 aromatic heterocycles. The van der Waals surface area contributed by atoms with Crippen LogP contribution in [0, 0.1) is 0 Å². The van der Waals surface area contributed by atoms with Gasteiger partial charge in [-0.1, -0.05) is 12.1 Å². The third kappa shape index (κ3) is 2.70. The van der Waals surface area contributed by atoms with Gasteiger partial charge in [-0.3, -0.25) is 14.5 Å². The summed E-state index contributed by atoms with van der Waals surface area (Å²) in [5.41, 5.74) is 0.847. The number of nitrogens with zero attached hydrogens (tertiary/aromatic N) is 1. The highest BCUT2D eigenvalue weighted by atomic mass is 16.6. The Balaban J connectivity index is 1.64. The van der Waals surface area contributed by atoms with Gasteiger partial charge in [-0.15, -0.1) is 0 Å². The predicted octanol–water partition coefficient (Wildman–Crippen LogP) is 0.531. The largest absolute Gasteiger partial charge is 0.393 e. The van der Waals surface area contributed by atoms with E-state index in [2.05, 4.69) is 0 Å². The zero-order valence-electron chi connectivity index (χ0n) is 11.4. The van der Waals surface area contributed by atoms with E-state index in [9.17, 15) is 19.8 Å². The van der Waals surface area contributed by atoms with E-state index >= 15 is 0 Å². The summed E-state index contributed by atoms with van der Waals surface area (Å²) in [7, 11) is 0. The third-order valence-electron chi connectivity index (χ3n) is 3.91. The lowest BCUT2D eigenvalue weighted by Crippen LogP contribution is -2.39. The molecule has 112 valence electrons. The van der Waals surface area contributed by atoms with Crippen LogP contribution >= 0.6 is 0 Å². The monoisotopic (exact) mass is 291 g/mol. The Morgan fingerprint density at radius 1 is 1.10 bits per heavy atom. The summed E-state index contributed by atoms with van der Waals surface area (Å²) in [6, 6.07) is 6.73. The Morgan fingerprint density at radius 2 is 1.71 bits per heavy atom. The maximum Gasteiger partial charge on any atom is 0.261 e. The van der Waals surface area contributed by atoms with Crippen LogP contribution in [-0.4, -0.2) is 52.0 Å². The number of amides is 2.